The van der Waals surface area contributed by atoms with Gasteiger partial charge in [-0.1, -0.05) is 18.2 Å². The van der Waals surface area contributed by atoms with Crippen LogP contribution >= 0.6 is 11.9 Å². The van der Waals surface area contributed by atoms with Crippen molar-refractivity contribution in [1.82, 2.24) is 14.6 Å². The summed E-state index contributed by atoms with van der Waals surface area (Å²) in [6.45, 7) is 0. The number of urea groups is 1. The second-order valence-electron chi connectivity index (χ2n) is 3.86. The van der Waals surface area contributed by atoms with Gasteiger partial charge < -0.3 is 5.32 Å². The molecule has 18 heavy (non-hydrogen) atoms. The number of hydrogen-bond donors (Lipinski definition) is 1. The number of nitrogens with zero attached hydrogens (tertiary/aromatic N) is 2. The van der Waals surface area contributed by atoms with Gasteiger partial charge in [0.1, 0.15) is 0 Å². The van der Waals surface area contributed by atoms with Gasteiger partial charge in [-0.3, -0.25) is 9.29 Å². The lowest BCUT2D eigenvalue weighted by molar-refractivity contribution is 0.233. The Morgan fingerprint density at radius 1 is 1.44 bits per heavy atom. The topological polar surface area (TPSA) is 45.2 Å². The van der Waals surface area contributed by atoms with Crippen molar-refractivity contribution in [2.24, 2.45) is 0 Å². The molecule has 0 atom stereocenters. The van der Waals surface area contributed by atoms with E-state index in [4.69, 9.17) is 0 Å². The third kappa shape index (κ3) is 2.92. The van der Waals surface area contributed by atoms with Crippen LogP contribution in [0, 0.1) is 0 Å². The zero-order chi connectivity index (χ0) is 13.0. The number of hydrogen-bond acceptors (Lipinski definition) is 3. The van der Waals surface area contributed by atoms with Gasteiger partial charge in [-0.05, 0) is 29.6 Å². The molecular formula is C13H15N3OS. The highest BCUT2D eigenvalue weighted by Gasteiger charge is 2.06. The van der Waals surface area contributed by atoms with E-state index in [-0.39, 0.29) is 6.03 Å². The fourth-order valence-corrected chi connectivity index (χ4v) is 2.29. The fraction of sp³-hybridized carbons (Fsp3) is 0.231. The SMILES string of the molecule is CNC(=O)N(C)SCc1cnc2ccccc2c1. The van der Waals surface area contributed by atoms with Crippen LogP contribution in [0.2, 0.25) is 0 Å². The maximum absolute atomic E-state index is 11.3. The Kier molecular flexibility index (Phi) is 4.04. The smallest absolute Gasteiger partial charge is 0.326 e. The van der Waals surface area contributed by atoms with E-state index in [1.807, 2.05) is 30.5 Å². The monoisotopic (exact) mass is 261 g/mol. The molecule has 1 aromatic carbocycles. The third-order valence-corrected chi connectivity index (χ3v) is 3.59. The molecule has 94 valence electrons. The van der Waals surface area contributed by atoms with Crippen LogP contribution in [0.1, 0.15) is 5.56 Å². The number of fused-ring (bicyclic) bond motifs is 1. The number of para-hydroxylation sites is 1. The first-order valence-electron chi connectivity index (χ1n) is 5.62. The second kappa shape index (κ2) is 5.73. The first-order chi connectivity index (χ1) is 8.70. The molecular weight excluding hydrogens is 246 g/mol. The highest BCUT2D eigenvalue weighted by atomic mass is 32.2. The highest BCUT2D eigenvalue weighted by Crippen LogP contribution is 2.18. The number of rotatable bonds is 3. The van der Waals surface area contributed by atoms with Gasteiger partial charge in [-0.2, -0.15) is 0 Å². The molecule has 0 saturated heterocycles. The quantitative estimate of drug-likeness (QED) is 0.864. The molecule has 0 unspecified atom stereocenters. The molecule has 4 nitrogen and oxygen atoms in total. The van der Waals surface area contributed by atoms with Crippen molar-refractivity contribution in [3.63, 3.8) is 0 Å². The van der Waals surface area contributed by atoms with E-state index in [2.05, 4.69) is 16.4 Å². The van der Waals surface area contributed by atoms with Crippen LogP contribution in [0.4, 0.5) is 4.79 Å². The zero-order valence-corrected chi connectivity index (χ0v) is 11.2. The summed E-state index contributed by atoms with van der Waals surface area (Å²) in [5.74, 6) is 0.724. The summed E-state index contributed by atoms with van der Waals surface area (Å²) in [5, 5.41) is 3.70. The molecule has 2 amide bonds. The first kappa shape index (κ1) is 12.7. The van der Waals surface area contributed by atoms with Crippen molar-refractivity contribution < 1.29 is 4.79 Å². The number of nitrogens with one attached hydrogen (secondary N) is 1. The lowest BCUT2D eigenvalue weighted by atomic mass is 10.2. The molecule has 0 fully saturated rings. The number of carbonyl (C=O) groups excluding carboxylic acids is 1. The molecule has 1 aromatic heterocycles. The Balaban J connectivity index is 2.06. The molecule has 0 aliphatic rings. The molecule has 0 aliphatic carbocycles. The molecule has 0 bridgehead atoms. The van der Waals surface area contributed by atoms with Gasteiger partial charge in [-0.15, -0.1) is 0 Å². The van der Waals surface area contributed by atoms with Gasteiger partial charge in [0.2, 0.25) is 0 Å². The average Bonchev–Trinajstić information content (AvgIpc) is 2.43. The van der Waals surface area contributed by atoms with Gasteiger partial charge in [0.05, 0.1) is 5.52 Å². The summed E-state index contributed by atoms with van der Waals surface area (Å²) in [7, 11) is 3.37. The largest absolute Gasteiger partial charge is 0.340 e. The predicted octanol–water partition coefficient (Wildman–Crippen LogP) is 2.65. The lowest BCUT2D eigenvalue weighted by Gasteiger charge is -2.14. The highest BCUT2D eigenvalue weighted by molar-refractivity contribution is 7.96. The van der Waals surface area contributed by atoms with Crippen molar-refractivity contribution in [3.05, 3.63) is 42.1 Å². The van der Waals surface area contributed by atoms with Crippen molar-refractivity contribution in [1.29, 1.82) is 0 Å². The molecule has 2 aromatic rings. The van der Waals surface area contributed by atoms with Gasteiger partial charge >= 0.3 is 6.03 Å². The van der Waals surface area contributed by atoms with Crippen molar-refractivity contribution in [3.8, 4) is 0 Å². The number of aromatic nitrogens is 1. The number of pyridine rings is 1. The average molecular weight is 261 g/mol. The van der Waals surface area contributed by atoms with Gasteiger partial charge in [0, 0.05) is 31.4 Å². The Hall–Kier alpha value is -1.75. The van der Waals surface area contributed by atoms with E-state index >= 15 is 0 Å². The van der Waals surface area contributed by atoms with E-state index in [1.165, 1.54) is 11.9 Å². The molecule has 0 aliphatic heterocycles. The summed E-state index contributed by atoms with van der Waals surface area (Å²) in [5.41, 5.74) is 2.10. The van der Waals surface area contributed by atoms with Gasteiger partial charge in [0.15, 0.2) is 0 Å². The first-order valence-corrected chi connectivity index (χ1v) is 6.57. The summed E-state index contributed by atoms with van der Waals surface area (Å²) >= 11 is 1.45. The van der Waals surface area contributed by atoms with Crippen LogP contribution in [0.15, 0.2) is 36.5 Å². The van der Waals surface area contributed by atoms with Gasteiger partial charge in [0.25, 0.3) is 0 Å². The molecule has 0 radical (unpaired) electrons. The summed E-state index contributed by atoms with van der Waals surface area (Å²) in [6.07, 6.45) is 1.85. The van der Waals surface area contributed by atoms with Crippen LogP contribution in [0.25, 0.3) is 10.9 Å². The maximum atomic E-state index is 11.3. The minimum absolute atomic E-state index is 0.103. The zero-order valence-electron chi connectivity index (χ0n) is 10.4. The van der Waals surface area contributed by atoms with Gasteiger partial charge in [-0.25, -0.2) is 4.79 Å². The van der Waals surface area contributed by atoms with Crippen LogP contribution in [0.5, 0.6) is 0 Å². The second-order valence-corrected chi connectivity index (χ2v) is 4.96. The molecule has 1 heterocycles. The van der Waals surface area contributed by atoms with Crippen molar-refractivity contribution in [2.75, 3.05) is 14.1 Å². The fourth-order valence-electron chi connectivity index (χ4n) is 1.58. The normalized spacial score (nSPS) is 10.3. The Bertz CT molecular complexity index is 559. The van der Waals surface area contributed by atoms with E-state index < -0.39 is 0 Å². The number of benzene rings is 1. The van der Waals surface area contributed by atoms with E-state index in [9.17, 15) is 4.79 Å². The Labute approximate surface area is 111 Å². The van der Waals surface area contributed by atoms with Crippen LogP contribution < -0.4 is 5.32 Å². The molecule has 5 heteroatoms. The summed E-state index contributed by atoms with van der Waals surface area (Å²) < 4.78 is 1.58. The maximum Gasteiger partial charge on any atom is 0.326 e. The van der Waals surface area contributed by atoms with Crippen molar-refractivity contribution >= 4 is 28.9 Å². The molecule has 0 spiro atoms. The number of carbonyl (C=O) groups is 1. The standard InChI is InChI=1S/C13H15N3OS/c1-14-13(17)16(2)18-9-10-7-11-5-3-4-6-12(11)15-8-10/h3-8H,9H2,1-2H3,(H,14,17). The van der Waals surface area contributed by atoms with Crippen molar-refractivity contribution in [2.45, 2.75) is 5.75 Å². The molecule has 1 N–H and O–H groups in total. The number of amides is 2. The van der Waals surface area contributed by atoms with Crippen LogP contribution in [-0.2, 0) is 5.75 Å². The Morgan fingerprint density at radius 2 is 2.22 bits per heavy atom. The third-order valence-electron chi connectivity index (χ3n) is 2.57. The minimum atomic E-state index is -0.103. The molecule has 2 rings (SSSR count). The summed E-state index contributed by atoms with van der Waals surface area (Å²) in [4.78, 5) is 15.7. The summed E-state index contributed by atoms with van der Waals surface area (Å²) in [6, 6.07) is 10.0. The Morgan fingerprint density at radius 3 is 3.00 bits per heavy atom. The van der Waals surface area contributed by atoms with Crippen LogP contribution in [0.3, 0.4) is 0 Å². The van der Waals surface area contributed by atoms with Crippen LogP contribution in [-0.4, -0.2) is 29.4 Å². The van der Waals surface area contributed by atoms with E-state index in [0.29, 0.717) is 0 Å². The van der Waals surface area contributed by atoms with E-state index in [1.54, 1.807) is 18.4 Å². The molecule has 0 saturated carbocycles. The predicted molar refractivity (Wildman–Crippen MR) is 75.3 cm³/mol. The minimum Gasteiger partial charge on any atom is -0.340 e. The lowest BCUT2D eigenvalue weighted by Crippen LogP contribution is -2.29. The van der Waals surface area contributed by atoms with E-state index in [0.717, 1.165) is 22.2 Å².